The maximum Gasteiger partial charge on any atom is 0.275 e. The molecule has 1 saturated heterocycles. The van der Waals surface area contributed by atoms with E-state index in [9.17, 15) is 0 Å². The van der Waals surface area contributed by atoms with Crippen molar-refractivity contribution >= 4 is 0 Å². The highest BCUT2D eigenvalue weighted by Crippen LogP contribution is 2.15. The second-order valence-electron chi connectivity index (χ2n) is 2.55. The Morgan fingerprint density at radius 3 is 3.09 bits per heavy atom. The normalized spacial score (nSPS) is 26.7. The quantitative estimate of drug-likeness (QED) is 0.666. The van der Waals surface area contributed by atoms with E-state index in [1.54, 1.807) is 0 Å². The van der Waals surface area contributed by atoms with Crippen LogP contribution in [-0.2, 0) is 9.47 Å². The zero-order chi connectivity index (χ0) is 8.10. The highest BCUT2D eigenvalue weighted by Gasteiger charge is 2.19. The SMILES string of the molecule is CCCC=C1OCC(CO)O1. The molecule has 0 amide bonds. The number of allylic oxidation sites excluding steroid dienone is 1. The van der Waals surface area contributed by atoms with Crippen molar-refractivity contribution < 1.29 is 14.6 Å². The fraction of sp³-hybridized carbons (Fsp3) is 0.750. The minimum Gasteiger partial charge on any atom is -0.462 e. The Kier molecular flexibility index (Phi) is 3.23. The smallest absolute Gasteiger partial charge is 0.275 e. The highest BCUT2D eigenvalue weighted by atomic mass is 16.7. The van der Waals surface area contributed by atoms with Crippen LogP contribution in [0.1, 0.15) is 19.8 Å². The molecule has 3 nitrogen and oxygen atoms in total. The molecular weight excluding hydrogens is 144 g/mol. The summed E-state index contributed by atoms with van der Waals surface area (Å²) in [5.41, 5.74) is 0. The largest absolute Gasteiger partial charge is 0.462 e. The van der Waals surface area contributed by atoms with Crippen LogP contribution in [0.3, 0.4) is 0 Å². The fourth-order valence-corrected chi connectivity index (χ4v) is 0.867. The fourth-order valence-electron chi connectivity index (χ4n) is 0.867. The third-order valence-electron chi connectivity index (χ3n) is 1.50. The van der Waals surface area contributed by atoms with Crippen LogP contribution in [-0.4, -0.2) is 24.4 Å². The van der Waals surface area contributed by atoms with Crippen molar-refractivity contribution in [2.75, 3.05) is 13.2 Å². The molecular formula is C8H14O3. The maximum atomic E-state index is 8.68. The van der Waals surface area contributed by atoms with E-state index in [0.29, 0.717) is 12.6 Å². The lowest BCUT2D eigenvalue weighted by Crippen LogP contribution is -2.13. The molecule has 0 saturated carbocycles. The highest BCUT2D eigenvalue weighted by molar-refractivity contribution is 4.88. The molecule has 0 radical (unpaired) electrons. The van der Waals surface area contributed by atoms with Crippen molar-refractivity contribution in [2.45, 2.75) is 25.9 Å². The molecule has 0 aromatic heterocycles. The van der Waals surface area contributed by atoms with Gasteiger partial charge in [0.05, 0.1) is 6.61 Å². The van der Waals surface area contributed by atoms with Gasteiger partial charge in [-0.1, -0.05) is 13.3 Å². The molecule has 1 atom stereocenters. The Balaban J connectivity index is 2.28. The van der Waals surface area contributed by atoms with E-state index in [1.807, 2.05) is 6.08 Å². The lowest BCUT2D eigenvalue weighted by molar-refractivity contribution is 0.0925. The number of unbranched alkanes of at least 4 members (excludes halogenated alkanes) is 1. The zero-order valence-electron chi connectivity index (χ0n) is 6.75. The molecule has 1 fully saturated rings. The number of aliphatic hydroxyl groups excluding tert-OH is 1. The van der Waals surface area contributed by atoms with Crippen molar-refractivity contribution in [3.8, 4) is 0 Å². The average molecular weight is 158 g/mol. The molecule has 3 heteroatoms. The van der Waals surface area contributed by atoms with E-state index < -0.39 is 0 Å². The first kappa shape index (κ1) is 8.40. The second kappa shape index (κ2) is 4.23. The number of aliphatic hydroxyl groups is 1. The summed E-state index contributed by atoms with van der Waals surface area (Å²) >= 11 is 0. The van der Waals surface area contributed by atoms with Crippen LogP contribution in [0, 0.1) is 0 Å². The van der Waals surface area contributed by atoms with E-state index in [1.165, 1.54) is 0 Å². The van der Waals surface area contributed by atoms with Gasteiger partial charge in [0.2, 0.25) is 0 Å². The Hall–Kier alpha value is -0.700. The van der Waals surface area contributed by atoms with E-state index in [0.717, 1.165) is 12.8 Å². The van der Waals surface area contributed by atoms with Gasteiger partial charge < -0.3 is 14.6 Å². The molecule has 0 aromatic carbocycles. The first-order valence-electron chi connectivity index (χ1n) is 3.97. The summed E-state index contributed by atoms with van der Waals surface area (Å²) in [5.74, 6) is 0.575. The predicted octanol–water partition coefficient (Wildman–Crippen LogP) is 1.04. The van der Waals surface area contributed by atoms with Gasteiger partial charge in [-0.15, -0.1) is 0 Å². The molecule has 0 aliphatic carbocycles. The van der Waals surface area contributed by atoms with Crippen LogP contribution in [0.25, 0.3) is 0 Å². The van der Waals surface area contributed by atoms with Crippen LogP contribution in [0.5, 0.6) is 0 Å². The summed E-state index contributed by atoms with van der Waals surface area (Å²) < 4.78 is 10.3. The Bertz CT molecular complexity index is 142. The van der Waals surface area contributed by atoms with Crippen molar-refractivity contribution in [2.24, 2.45) is 0 Å². The molecule has 0 aromatic rings. The van der Waals surface area contributed by atoms with Gasteiger partial charge >= 0.3 is 0 Å². The average Bonchev–Trinajstić information content (AvgIpc) is 2.48. The first-order chi connectivity index (χ1) is 5.36. The minimum atomic E-state index is -0.155. The number of hydrogen-bond donors (Lipinski definition) is 1. The second-order valence-corrected chi connectivity index (χ2v) is 2.55. The van der Waals surface area contributed by atoms with Crippen molar-refractivity contribution in [3.63, 3.8) is 0 Å². The first-order valence-corrected chi connectivity index (χ1v) is 3.97. The monoisotopic (exact) mass is 158 g/mol. The summed E-state index contributed by atoms with van der Waals surface area (Å²) in [6.45, 7) is 2.60. The maximum absolute atomic E-state index is 8.68. The van der Waals surface area contributed by atoms with Crippen molar-refractivity contribution in [1.82, 2.24) is 0 Å². The predicted molar refractivity (Wildman–Crippen MR) is 40.9 cm³/mol. The van der Waals surface area contributed by atoms with Gasteiger partial charge in [-0.05, 0) is 12.5 Å². The molecule has 1 heterocycles. The zero-order valence-corrected chi connectivity index (χ0v) is 6.75. The topological polar surface area (TPSA) is 38.7 Å². The van der Waals surface area contributed by atoms with Crippen LogP contribution < -0.4 is 0 Å². The molecule has 0 bridgehead atoms. The van der Waals surface area contributed by atoms with E-state index in [2.05, 4.69) is 6.92 Å². The van der Waals surface area contributed by atoms with Crippen molar-refractivity contribution in [1.29, 1.82) is 0 Å². The van der Waals surface area contributed by atoms with Gasteiger partial charge in [-0.25, -0.2) is 0 Å². The molecule has 1 aliphatic rings. The Morgan fingerprint density at radius 1 is 1.73 bits per heavy atom. The third-order valence-corrected chi connectivity index (χ3v) is 1.50. The number of rotatable bonds is 3. The standard InChI is InChI=1S/C8H14O3/c1-2-3-4-8-10-6-7(5-9)11-8/h4,7,9H,2-3,5-6H2,1H3. The van der Waals surface area contributed by atoms with Crippen LogP contribution in [0.2, 0.25) is 0 Å². The lowest BCUT2D eigenvalue weighted by Gasteiger charge is -2.00. The number of hydrogen-bond acceptors (Lipinski definition) is 3. The summed E-state index contributed by atoms with van der Waals surface area (Å²) in [6.07, 6.45) is 3.81. The molecule has 1 rings (SSSR count). The van der Waals surface area contributed by atoms with Gasteiger partial charge in [0.25, 0.3) is 5.95 Å². The molecule has 11 heavy (non-hydrogen) atoms. The minimum absolute atomic E-state index is 0.0312. The van der Waals surface area contributed by atoms with E-state index in [-0.39, 0.29) is 12.7 Å². The van der Waals surface area contributed by atoms with Gasteiger partial charge in [0, 0.05) is 0 Å². The van der Waals surface area contributed by atoms with Gasteiger partial charge in [0.1, 0.15) is 6.61 Å². The van der Waals surface area contributed by atoms with Crippen LogP contribution in [0.15, 0.2) is 12.0 Å². The van der Waals surface area contributed by atoms with Crippen molar-refractivity contribution in [3.05, 3.63) is 12.0 Å². The molecule has 1 unspecified atom stereocenters. The summed E-state index contributed by atoms with van der Waals surface area (Å²) in [6, 6.07) is 0. The van der Waals surface area contributed by atoms with Crippen LogP contribution >= 0.6 is 0 Å². The number of ether oxygens (including phenoxy) is 2. The third kappa shape index (κ3) is 2.42. The molecule has 1 N–H and O–H groups in total. The van der Waals surface area contributed by atoms with E-state index >= 15 is 0 Å². The molecule has 64 valence electrons. The lowest BCUT2D eigenvalue weighted by atomic mass is 10.3. The Morgan fingerprint density at radius 2 is 2.55 bits per heavy atom. The molecule has 1 aliphatic heterocycles. The Labute approximate surface area is 66.6 Å². The summed E-state index contributed by atoms with van der Waals surface area (Å²) in [5, 5.41) is 8.68. The van der Waals surface area contributed by atoms with E-state index in [4.69, 9.17) is 14.6 Å². The molecule has 0 spiro atoms. The van der Waals surface area contributed by atoms with Gasteiger partial charge in [0.15, 0.2) is 6.10 Å². The van der Waals surface area contributed by atoms with Gasteiger partial charge in [-0.2, -0.15) is 0 Å². The summed E-state index contributed by atoms with van der Waals surface area (Å²) in [7, 11) is 0. The van der Waals surface area contributed by atoms with Crippen LogP contribution in [0.4, 0.5) is 0 Å². The summed E-state index contributed by atoms with van der Waals surface area (Å²) in [4.78, 5) is 0. The van der Waals surface area contributed by atoms with Gasteiger partial charge in [-0.3, -0.25) is 0 Å².